The average Bonchev–Trinajstić information content (AvgIpc) is 2.57. The lowest BCUT2D eigenvalue weighted by Gasteiger charge is -2.40. The van der Waals surface area contributed by atoms with E-state index in [-0.39, 0.29) is 12.0 Å². The zero-order chi connectivity index (χ0) is 16.8. The zero-order valence-electron chi connectivity index (χ0n) is 13.4. The highest BCUT2D eigenvalue weighted by atomic mass is 35.5. The Hall–Kier alpha value is -1.66. The van der Waals surface area contributed by atoms with Crippen molar-refractivity contribution in [1.29, 1.82) is 0 Å². The molecule has 1 aromatic carbocycles. The molecule has 0 unspecified atom stereocenters. The number of hydrogen-bond acceptors (Lipinski definition) is 5. The van der Waals surface area contributed by atoms with Gasteiger partial charge in [0, 0.05) is 41.6 Å². The van der Waals surface area contributed by atoms with Gasteiger partial charge >= 0.3 is 0 Å². The van der Waals surface area contributed by atoms with Crippen molar-refractivity contribution < 1.29 is 14.6 Å². The highest BCUT2D eigenvalue weighted by Crippen LogP contribution is 2.27. The van der Waals surface area contributed by atoms with Crippen LogP contribution in [0.2, 0.25) is 5.02 Å². The van der Waals surface area contributed by atoms with Crippen molar-refractivity contribution in [3.8, 4) is 5.75 Å². The van der Waals surface area contributed by atoms with E-state index in [9.17, 15) is 5.11 Å². The summed E-state index contributed by atoms with van der Waals surface area (Å²) in [7, 11) is 0. The van der Waals surface area contributed by atoms with Crippen molar-refractivity contribution in [2.75, 3.05) is 26.4 Å². The van der Waals surface area contributed by atoms with Crippen molar-refractivity contribution in [2.24, 2.45) is 5.41 Å². The van der Waals surface area contributed by atoms with E-state index in [1.54, 1.807) is 12.4 Å². The molecular weight excluding hydrogens is 328 g/mol. The predicted molar refractivity (Wildman–Crippen MR) is 92.1 cm³/mol. The molecular formula is C18H21ClN2O3. The van der Waals surface area contributed by atoms with Crippen molar-refractivity contribution in [3.05, 3.63) is 58.9 Å². The molecule has 0 saturated carbocycles. The van der Waals surface area contributed by atoms with Gasteiger partial charge in [-0.2, -0.15) is 0 Å². The number of nitrogens with zero attached hydrogens (tertiary/aromatic N) is 1. The summed E-state index contributed by atoms with van der Waals surface area (Å²) in [5.41, 5.74) is 1.84. The maximum absolute atomic E-state index is 9.47. The molecule has 0 spiro atoms. The molecule has 5 nitrogen and oxygen atoms in total. The maximum atomic E-state index is 9.47. The van der Waals surface area contributed by atoms with Crippen LogP contribution in [0.5, 0.6) is 5.75 Å². The van der Waals surface area contributed by atoms with Crippen LogP contribution in [-0.2, 0) is 17.9 Å². The molecule has 2 N–H and O–H groups in total. The molecule has 6 heteroatoms. The molecule has 0 amide bonds. The van der Waals surface area contributed by atoms with Crippen molar-refractivity contribution in [1.82, 2.24) is 10.3 Å². The highest BCUT2D eigenvalue weighted by molar-refractivity contribution is 6.30. The summed E-state index contributed by atoms with van der Waals surface area (Å²) in [6.07, 6.45) is 3.53. The summed E-state index contributed by atoms with van der Waals surface area (Å²) in [6.45, 7) is 3.08. The Kier molecular flexibility index (Phi) is 5.68. The number of hydrogen-bond donors (Lipinski definition) is 2. The fraction of sp³-hybridized carbons (Fsp3) is 0.389. The second kappa shape index (κ2) is 7.94. The lowest BCUT2D eigenvalue weighted by Crippen LogP contribution is -2.52. The third-order valence-electron chi connectivity index (χ3n) is 4.11. The first kappa shape index (κ1) is 17.2. The van der Waals surface area contributed by atoms with Crippen LogP contribution in [0.15, 0.2) is 42.7 Å². The Morgan fingerprint density at radius 3 is 2.88 bits per heavy atom. The second-order valence-corrected chi connectivity index (χ2v) is 6.59. The summed E-state index contributed by atoms with van der Waals surface area (Å²) in [5.74, 6) is 0.790. The first-order valence-electron chi connectivity index (χ1n) is 7.90. The van der Waals surface area contributed by atoms with Crippen molar-refractivity contribution >= 4 is 11.6 Å². The van der Waals surface area contributed by atoms with Gasteiger partial charge in [-0.25, -0.2) is 0 Å². The van der Waals surface area contributed by atoms with E-state index in [2.05, 4.69) is 10.3 Å². The lowest BCUT2D eigenvalue weighted by atomic mass is 9.87. The summed E-state index contributed by atoms with van der Waals surface area (Å²) in [6, 6.07) is 9.46. The average molecular weight is 349 g/mol. The van der Waals surface area contributed by atoms with E-state index < -0.39 is 0 Å². The molecule has 1 saturated heterocycles. The fourth-order valence-corrected chi connectivity index (χ4v) is 2.77. The van der Waals surface area contributed by atoms with Crippen LogP contribution in [0.4, 0.5) is 0 Å². The van der Waals surface area contributed by atoms with E-state index in [0.717, 1.165) is 16.9 Å². The Morgan fingerprint density at radius 2 is 2.21 bits per heavy atom. The largest absolute Gasteiger partial charge is 0.489 e. The van der Waals surface area contributed by atoms with Crippen molar-refractivity contribution in [2.45, 2.75) is 13.2 Å². The zero-order valence-corrected chi connectivity index (χ0v) is 14.1. The molecule has 0 radical (unpaired) electrons. The number of nitrogens with one attached hydrogen (secondary N) is 1. The minimum absolute atomic E-state index is 0.125. The number of aliphatic hydroxyl groups is 1. The lowest BCUT2D eigenvalue weighted by molar-refractivity contribution is -0.134. The van der Waals surface area contributed by atoms with Gasteiger partial charge < -0.3 is 19.9 Å². The fourth-order valence-electron chi connectivity index (χ4n) is 2.57. The van der Waals surface area contributed by atoms with Gasteiger partial charge in [0.2, 0.25) is 0 Å². The van der Waals surface area contributed by atoms with Crippen LogP contribution in [0, 0.1) is 5.41 Å². The summed E-state index contributed by atoms with van der Waals surface area (Å²) >= 11 is 6.12. The first-order valence-corrected chi connectivity index (χ1v) is 8.28. The van der Waals surface area contributed by atoms with Crippen LogP contribution in [0.3, 0.4) is 0 Å². The molecule has 0 bridgehead atoms. The standard InChI is InChI=1S/C18H21ClN2O3/c19-16-3-4-17(24-9-14-2-1-5-20-7-14)15(6-16)8-21-10-18(11-22)12-23-13-18/h1-7,21-22H,8-13H2. The molecule has 1 aromatic heterocycles. The van der Waals surface area contributed by atoms with E-state index in [1.165, 1.54) is 0 Å². The molecule has 3 rings (SSSR count). The Balaban J connectivity index is 1.60. The van der Waals surface area contributed by atoms with Crippen LogP contribution >= 0.6 is 11.6 Å². The maximum Gasteiger partial charge on any atom is 0.124 e. The quantitative estimate of drug-likeness (QED) is 0.767. The molecule has 1 fully saturated rings. The van der Waals surface area contributed by atoms with Crippen LogP contribution in [0.1, 0.15) is 11.1 Å². The Labute approximate surface area is 146 Å². The van der Waals surface area contributed by atoms with E-state index >= 15 is 0 Å². The topological polar surface area (TPSA) is 63.6 Å². The molecule has 1 aliphatic heterocycles. The molecule has 0 atom stereocenters. The minimum Gasteiger partial charge on any atom is -0.489 e. The number of ether oxygens (including phenoxy) is 2. The number of pyridine rings is 1. The predicted octanol–water partition coefficient (Wildman–Crippen LogP) is 2.41. The molecule has 24 heavy (non-hydrogen) atoms. The van der Waals surface area contributed by atoms with Gasteiger partial charge in [-0.1, -0.05) is 17.7 Å². The van der Waals surface area contributed by atoms with Gasteiger partial charge in [0.25, 0.3) is 0 Å². The third-order valence-corrected chi connectivity index (χ3v) is 4.34. The number of rotatable bonds is 8. The number of benzene rings is 1. The molecule has 128 valence electrons. The molecule has 2 heterocycles. The Morgan fingerprint density at radius 1 is 1.33 bits per heavy atom. The van der Waals surface area contributed by atoms with Crippen LogP contribution in [-0.4, -0.2) is 36.5 Å². The first-order chi connectivity index (χ1) is 11.7. The summed E-state index contributed by atoms with van der Waals surface area (Å²) in [4.78, 5) is 4.09. The summed E-state index contributed by atoms with van der Waals surface area (Å²) in [5, 5.41) is 13.5. The number of halogens is 1. The number of aliphatic hydroxyl groups excluding tert-OH is 1. The van der Waals surface area contributed by atoms with E-state index in [0.29, 0.717) is 37.9 Å². The summed E-state index contributed by atoms with van der Waals surface area (Å²) < 4.78 is 11.1. The third kappa shape index (κ3) is 4.24. The molecule has 2 aromatic rings. The molecule has 0 aliphatic carbocycles. The smallest absolute Gasteiger partial charge is 0.124 e. The van der Waals surface area contributed by atoms with E-state index in [4.69, 9.17) is 21.1 Å². The Bertz CT molecular complexity index is 657. The molecule has 1 aliphatic rings. The second-order valence-electron chi connectivity index (χ2n) is 6.16. The number of aromatic nitrogens is 1. The van der Waals surface area contributed by atoms with Crippen LogP contribution < -0.4 is 10.1 Å². The van der Waals surface area contributed by atoms with Gasteiger partial charge in [-0.15, -0.1) is 0 Å². The monoisotopic (exact) mass is 348 g/mol. The van der Waals surface area contributed by atoms with Gasteiger partial charge in [-0.3, -0.25) is 4.98 Å². The van der Waals surface area contributed by atoms with Gasteiger partial charge in [0.05, 0.1) is 25.2 Å². The SMILES string of the molecule is OCC1(CNCc2cc(Cl)ccc2OCc2cccnc2)COC1. The van der Waals surface area contributed by atoms with Gasteiger partial charge in [0.1, 0.15) is 12.4 Å². The van der Waals surface area contributed by atoms with Gasteiger partial charge in [-0.05, 0) is 24.3 Å². The normalized spacial score (nSPS) is 15.8. The van der Waals surface area contributed by atoms with Gasteiger partial charge in [0.15, 0.2) is 0 Å². The van der Waals surface area contributed by atoms with Crippen LogP contribution in [0.25, 0.3) is 0 Å². The minimum atomic E-state index is -0.157. The highest BCUT2D eigenvalue weighted by Gasteiger charge is 2.37. The van der Waals surface area contributed by atoms with E-state index in [1.807, 2.05) is 30.3 Å². The van der Waals surface area contributed by atoms with Crippen molar-refractivity contribution in [3.63, 3.8) is 0 Å².